The van der Waals surface area contributed by atoms with Gasteiger partial charge in [-0.15, -0.1) is 0 Å². The predicted octanol–water partition coefficient (Wildman–Crippen LogP) is 2.06. The van der Waals surface area contributed by atoms with Crippen LogP contribution in [0, 0.1) is 17.0 Å². The molecule has 0 saturated heterocycles. The average molecular weight is 349 g/mol. The Bertz CT molecular complexity index is 892. The summed E-state index contributed by atoms with van der Waals surface area (Å²) in [5.41, 5.74) is 0.880. The van der Waals surface area contributed by atoms with Crippen molar-refractivity contribution in [1.82, 2.24) is 5.32 Å². The quantitative estimate of drug-likeness (QED) is 0.633. The maximum atomic E-state index is 12.4. The van der Waals surface area contributed by atoms with Crippen molar-refractivity contribution in [2.24, 2.45) is 0 Å². The standard InChI is InChI=1S/C15H15N3O5S/c1-10-13(15(19)16-2)4-3-5-14(10)17-24(22,23)12-8-6-11(7-9-12)18(20)21/h3-9,17H,1-2H3,(H,16,19). The lowest BCUT2D eigenvalue weighted by molar-refractivity contribution is -0.384. The molecule has 24 heavy (non-hydrogen) atoms. The van der Waals surface area contributed by atoms with E-state index in [1.807, 2.05) is 0 Å². The number of anilines is 1. The number of nitrogens with zero attached hydrogens (tertiary/aromatic N) is 1. The molecule has 0 atom stereocenters. The van der Waals surface area contributed by atoms with Gasteiger partial charge in [-0.05, 0) is 36.8 Å². The maximum absolute atomic E-state index is 12.4. The third kappa shape index (κ3) is 3.51. The zero-order valence-electron chi connectivity index (χ0n) is 12.9. The molecule has 0 heterocycles. The van der Waals surface area contributed by atoms with Crippen molar-refractivity contribution in [3.05, 3.63) is 63.7 Å². The third-order valence-electron chi connectivity index (χ3n) is 3.41. The smallest absolute Gasteiger partial charge is 0.269 e. The summed E-state index contributed by atoms with van der Waals surface area (Å²) in [6.07, 6.45) is 0. The summed E-state index contributed by atoms with van der Waals surface area (Å²) in [4.78, 5) is 21.7. The van der Waals surface area contributed by atoms with Crippen molar-refractivity contribution in [3.8, 4) is 0 Å². The Morgan fingerprint density at radius 3 is 2.29 bits per heavy atom. The second kappa shape index (κ2) is 6.67. The van der Waals surface area contributed by atoms with Gasteiger partial charge in [0.2, 0.25) is 0 Å². The molecule has 126 valence electrons. The number of carbonyl (C=O) groups excluding carboxylic acids is 1. The Kier molecular flexibility index (Phi) is 4.84. The second-order valence-corrected chi connectivity index (χ2v) is 6.60. The van der Waals surface area contributed by atoms with Gasteiger partial charge in [0.1, 0.15) is 0 Å². The van der Waals surface area contributed by atoms with E-state index in [2.05, 4.69) is 10.0 Å². The van der Waals surface area contributed by atoms with Gasteiger partial charge in [-0.25, -0.2) is 8.42 Å². The van der Waals surface area contributed by atoms with Crippen LogP contribution in [-0.4, -0.2) is 26.3 Å². The van der Waals surface area contributed by atoms with Gasteiger partial charge in [0, 0.05) is 24.7 Å². The average Bonchev–Trinajstić information content (AvgIpc) is 2.56. The van der Waals surface area contributed by atoms with Gasteiger partial charge in [-0.3, -0.25) is 19.6 Å². The molecule has 8 nitrogen and oxygen atoms in total. The highest BCUT2D eigenvalue weighted by Crippen LogP contribution is 2.23. The first-order valence-corrected chi connectivity index (χ1v) is 8.33. The number of nitro groups is 1. The SMILES string of the molecule is CNC(=O)c1cccc(NS(=O)(=O)c2ccc([N+](=O)[O-])cc2)c1C. The molecule has 0 saturated carbocycles. The van der Waals surface area contributed by atoms with Gasteiger partial charge in [-0.1, -0.05) is 6.07 Å². The van der Waals surface area contributed by atoms with Crippen LogP contribution < -0.4 is 10.0 Å². The van der Waals surface area contributed by atoms with Crippen molar-refractivity contribution < 1.29 is 18.1 Å². The number of nitro benzene ring substituents is 1. The van der Waals surface area contributed by atoms with E-state index in [9.17, 15) is 23.3 Å². The number of hydrogen-bond acceptors (Lipinski definition) is 5. The number of nitrogens with one attached hydrogen (secondary N) is 2. The molecule has 0 spiro atoms. The fraction of sp³-hybridized carbons (Fsp3) is 0.133. The Labute approximate surface area is 138 Å². The first-order valence-electron chi connectivity index (χ1n) is 6.85. The molecule has 2 aromatic carbocycles. The van der Waals surface area contributed by atoms with Crippen LogP contribution in [0.5, 0.6) is 0 Å². The van der Waals surface area contributed by atoms with E-state index >= 15 is 0 Å². The largest absolute Gasteiger partial charge is 0.355 e. The van der Waals surface area contributed by atoms with Crippen LogP contribution in [0.1, 0.15) is 15.9 Å². The van der Waals surface area contributed by atoms with Crippen LogP contribution in [0.3, 0.4) is 0 Å². The Morgan fingerprint density at radius 2 is 1.75 bits per heavy atom. The number of non-ortho nitro benzene ring substituents is 1. The molecule has 2 rings (SSSR count). The lowest BCUT2D eigenvalue weighted by atomic mass is 10.1. The third-order valence-corrected chi connectivity index (χ3v) is 4.79. The van der Waals surface area contributed by atoms with E-state index in [4.69, 9.17) is 0 Å². The highest BCUT2D eigenvalue weighted by atomic mass is 32.2. The summed E-state index contributed by atoms with van der Waals surface area (Å²) in [5, 5.41) is 13.1. The molecule has 0 aliphatic carbocycles. The van der Waals surface area contributed by atoms with Gasteiger partial charge in [0.15, 0.2) is 0 Å². The van der Waals surface area contributed by atoms with Crippen molar-refractivity contribution in [2.75, 3.05) is 11.8 Å². The van der Waals surface area contributed by atoms with Gasteiger partial charge in [0.25, 0.3) is 21.6 Å². The maximum Gasteiger partial charge on any atom is 0.269 e. The van der Waals surface area contributed by atoms with Crippen molar-refractivity contribution in [3.63, 3.8) is 0 Å². The topological polar surface area (TPSA) is 118 Å². The highest BCUT2D eigenvalue weighted by molar-refractivity contribution is 7.92. The number of amides is 1. The van der Waals surface area contributed by atoms with Crippen LogP contribution in [0.25, 0.3) is 0 Å². The Hall–Kier alpha value is -2.94. The summed E-state index contributed by atoms with van der Waals surface area (Å²) < 4.78 is 27.2. The summed E-state index contributed by atoms with van der Waals surface area (Å²) >= 11 is 0. The number of rotatable bonds is 5. The van der Waals surface area contributed by atoms with E-state index in [1.165, 1.54) is 13.1 Å². The number of carbonyl (C=O) groups is 1. The summed E-state index contributed by atoms with van der Waals surface area (Å²) in [7, 11) is -2.45. The van der Waals surface area contributed by atoms with E-state index in [1.54, 1.807) is 19.1 Å². The van der Waals surface area contributed by atoms with E-state index in [0.717, 1.165) is 24.3 Å². The molecule has 0 fully saturated rings. The minimum absolute atomic E-state index is 0.113. The molecule has 0 aromatic heterocycles. The molecule has 0 unspecified atom stereocenters. The zero-order chi connectivity index (χ0) is 17.9. The van der Waals surface area contributed by atoms with Gasteiger partial charge in [0.05, 0.1) is 15.5 Å². The summed E-state index contributed by atoms with van der Waals surface area (Å²) in [6, 6.07) is 9.20. The van der Waals surface area contributed by atoms with Crippen molar-refractivity contribution >= 4 is 27.3 Å². The molecule has 0 aliphatic rings. The monoisotopic (exact) mass is 349 g/mol. The lowest BCUT2D eigenvalue weighted by Gasteiger charge is -2.13. The van der Waals surface area contributed by atoms with E-state index < -0.39 is 14.9 Å². The molecule has 9 heteroatoms. The Balaban J connectivity index is 2.36. The van der Waals surface area contributed by atoms with Crippen LogP contribution >= 0.6 is 0 Å². The van der Waals surface area contributed by atoms with E-state index in [-0.39, 0.29) is 22.2 Å². The summed E-state index contributed by atoms with van der Waals surface area (Å²) in [5.74, 6) is -0.330. The van der Waals surface area contributed by atoms with Gasteiger partial charge < -0.3 is 5.32 Å². The van der Waals surface area contributed by atoms with Crippen molar-refractivity contribution in [2.45, 2.75) is 11.8 Å². The summed E-state index contributed by atoms with van der Waals surface area (Å²) in [6.45, 7) is 1.62. The Morgan fingerprint density at radius 1 is 1.12 bits per heavy atom. The first kappa shape index (κ1) is 17.4. The molecule has 0 radical (unpaired) electrons. The molecule has 0 aliphatic heterocycles. The fourth-order valence-electron chi connectivity index (χ4n) is 2.08. The highest BCUT2D eigenvalue weighted by Gasteiger charge is 2.18. The minimum Gasteiger partial charge on any atom is -0.355 e. The molecular weight excluding hydrogens is 334 g/mol. The molecule has 2 N–H and O–H groups in total. The normalized spacial score (nSPS) is 10.9. The van der Waals surface area contributed by atoms with Crippen LogP contribution in [0.15, 0.2) is 47.4 Å². The predicted molar refractivity (Wildman–Crippen MR) is 88.5 cm³/mol. The number of benzene rings is 2. The van der Waals surface area contributed by atoms with Crippen LogP contribution in [0.2, 0.25) is 0 Å². The van der Waals surface area contributed by atoms with Crippen molar-refractivity contribution in [1.29, 1.82) is 0 Å². The molecule has 2 aromatic rings. The molecule has 0 bridgehead atoms. The fourth-order valence-corrected chi connectivity index (χ4v) is 3.20. The van der Waals surface area contributed by atoms with E-state index in [0.29, 0.717) is 11.1 Å². The number of hydrogen-bond donors (Lipinski definition) is 2. The second-order valence-electron chi connectivity index (χ2n) is 4.91. The lowest BCUT2D eigenvalue weighted by Crippen LogP contribution is -2.20. The van der Waals surface area contributed by atoms with Gasteiger partial charge in [-0.2, -0.15) is 0 Å². The first-order chi connectivity index (χ1) is 11.3. The molecular formula is C15H15N3O5S. The number of sulfonamides is 1. The van der Waals surface area contributed by atoms with Gasteiger partial charge >= 0.3 is 0 Å². The molecule has 1 amide bonds. The minimum atomic E-state index is -3.93. The van der Waals surface area contributed by atoms with Crippen LogP contribution in [-0.2, 0) is 10.0 Å². The van der Waals surface area contributed by atoms with Crippen LogP contribution in [0.4, 0.5) is 11.4 Å². The zero-order valence-corrected chi connectivity index (χ0v) is 13.8.